The first-order valence-corrected chi connectivity index (χ1v) is 8.42. The molecule has 1 aromatic rings. The second kappa shape index (κ2) is 6.72. The van der Waals surface area contributed by atoms with Gasteiger partial charge in [-0.3, -0.25) is 4.90 Å². The Balaban J connectivity index is 1.50. The summed E-state index contributed by atoms with van der Waals surface area (Å²) in [7, 11) is 0. The number of thiazole rings is 1. The monoisotopic (exact) mass is 335 g/mol. The number of rotatable bonds is 3. The third kappa shape index (κ3) is 3.91. The van der Waals surface area contributed by atoms with Crippen molar-refractivity contribution in [1.29, 1.82) is 0 Å². The number of ether oxygens (including phenoxy) is 1. The summed E-state index contributed by atoms with van der Waals surface area (Å²) in [6.07, 6.45) is -1.13. The van der Waals surface area contributed by atoms with Crippen molar-refractivity contribution in [3.05, 3.63) is 11.1 Å². The standard InChI is InChI=1S/C14H20F3N3OS/c15-14(16,17)12-9-18-13(22-12)20-5-3-19(4-6-20)10-11-1-7-21-8-2-11/h9,11H,1-8,10H2. The maximum atomic E-state index is 12.6. The molecule has 0 N–H and O–H groups in total. The molecule has 4 nitrogen and oxygen atoms in total. The van der Waals surface area contributed by atoms with Crippen molar-refractivity contribution in [3.63, 3.8) is 0 Å². The third-order valence-electron chi connectivity index (χ3n) is 4.27. The Bertz CT molecular complexity index is 480. The summed E-state index contributed by atoms with van der Waals surface area (Å²) in [6.45, 7) is 6.04. The van der Waals surface area contributed by atoms with Crippen molar-refractivity contribution in [3.8, 4) is 0 Å². The predicted octanol–water partition coefficient (Wildman–Crippen LogP) is 2.71. The van der Waals surface area contributed by atoms with E-state index < -0.39 is 11.1 Å². The Labute approximate surface area is 131 Å². The lowest BCUT2D eigenvalue weighted by Gasteiger charge is -2.37. The maximum Gasteiger partial charge on any atom is 0.427 e. The zero-order valence-electron chi connectivity index (χ0n) is 12.3. The van der Waals surface area contributed by atoms with Crippen LogP contribution < -0.4 is 4.90 Å². The van der Waals surface area contributed by atoms with E-state index in [1.54, 1.807) is 0 Å². The lowest BCUT2D eigenvalue weighted by atomic mass is 9.99. The smallest absolute Gasteiger partial charge is 0.381 e. The summed E-state index contributed by atoms with van der Waals surface area (Å²) in [4.78, 5) is 7.68. The topological polar surface area (TPSA) is 28.6 Å². The molecule has 0 aliphatic carbocycles. The number of alkyl halides is 3. The molecule has 8 heteroatoms. The van der Waals surface area contributed by atoms with Crippen LogP contribution in [0.1, 0.15) is 17.7 Å². The van der Waals surface area contributed by atoms with Crippen molar-refractivity contribution in [2.24, 2.45) is 5.92 Å². The number of hydrogen-bond acceptors (Lipinski definition) is 5. The van der Waals surface area contributed by atoms with Crippen molar-refractivity contribution < 1.29 is 17.9 Å². The van der Waals surface area contributed by atoms with Crippen molar-refractivity contribution in [2.75, 3.05) is 50.8 Å². The average molecular weight is 335 g/mol. The Morgan fingerprint density at radius 1 is 1.18 bits per heavy atom. The molecule has 22 heavy (non-hydrogen) atoms. The fourth-order valence-corrected chi connectivity index (χ4v) is 3.79. The van der Waals surface area contributed by atoms with Gasteiger partial charge in [-0.1, -0.05) is 11.3 Å². The minimum atomic E-state index is -4.29. The molecule has 0 unspecified atom stereocenters. The highest BCUT2D eigenvalue weighted by Gasteiger charge is 2.34. The first-order valence-electron chi connectivity index (χ1n) is 7.60. The second-order valence-electron chi connectivity index (χ2n) is 5.85. The van der Waals surface area contributed by atoms with E-state index >= 15 is 0 Å². The molecule has 2 aliphatic heterocycles. The zero-order valence-corrected chi connectivity index (χ0v) is 13.1. The molecule has 0 aromatic carbocycles. The molecular formula is C14H20F3N3OS. The lowest BCUT2D eigenvalue weighted by Crippen LogP contribution is -2.48. The first-order chi connectivity index (χ1) is 10.5. The normalized spacial score (nSPS) is 22.2. The fraction of sp³-hybridized carbons (Fsp3) is 0.786. The quantitative estimate of drug-likeness (QED) is 0.849. The van der Waals surface area contributed by atoms with Gasteiger partial charge < -0.3 is 9.64 Å². The highest BCUT2D eigenvalue weighted by molar-refractivity contribution is 7.15. The first kappa shape index (κ1) is 16.0. The summed E-state index contributed by atoms with van der Waals surface area (Å²) >= 11 is 0.738. The third-order valence-corrected chi connectivity index (χ3v) is 5.38. The Hall–Kier alpha value is -0.860. The fourth-order valence-electron chi connectivity index (χ4n) is 2.96. The van der Waals surface area contributed by atoms with E-state index in [0.29, 0.717) is 11.0 Å². The number of nitrogens with zero attached hydrogens (tertiary/aromatic N) is 3. The number of piperazine rings is 1. The molecule has 0 amide bonds. The highest BCUT2D eigenvalue weighted by Crippen LogP contribution is 2.36. The summed E-state index contributed by atoms with van der Waals surface area (Å²) in [5.41, 5.74) is 0. The van der Waals surface area contributed by atoms with E-state index in [0.717, 1.165) is 76.3 Å². The van der Waals surface area contributed by atoms with Gasteiger partial charge in [-0.25, -0.2) is 4.98 Å². The van der Waals surface area contributed by atoms with Gasteiger partial charge in [0, 0.05) is 45.9 Å². The minimum absolute atomic E-state index is 0.484. The average Bonchev–Trinajstić information content (AvgIpc) is 2.99. The molecule has 0 atom stereocenters. The van der Waals surface area contributed by atoms with Gasteiger partial charge in [0.05, 0.1) is 6.20 Å². The van der Waals surface area contributed by atoms with Crippen LogP contribution in [0.15, 0.2) is 6.20 Å². The summed E-state index contributed by atoms with van der Waals surface area (Å²) in [5.74, 6) is 0.692. The number of anilines is 1. The van der Waals surface area contributed by atoms with Gasteiger partial charge in [0.25, 0.3) is 0 Å². The summed E-state index contributed by atoms with van der Waals surface area (Å²) < 4.78 is 43.2. The molecule has 0 bridgehead atoms. The number of aromatic nitrogens is 1. The van der Waals surface area contributed by atoms with E-state index in [1.165, 1.54) is 0 Å². The zero-order chi connectivity index (χ0) is 15.6. The van der Waals surface area contributed by atoms with Crippen molar-refractivity contribution in [1.82, 2.24) is 9.88 Å². The van der Waals surface area contributed by atoms with Crippen LogP contribution in [-0.4, -0.2) is 55.8 Å². The Morgan fingerprint density at radius 2 is 1.86 bits per heavy atom. The van der Waals surface area contributed by atoms with E-state index in [2.05, 4.69) is 9.88 Å². The van der Waals surface area contributed by atoms with Crippen molar-refractivity contribution >= 4 is 16.5 Å². The highest BCUT2D eigenvalue weighted by atomic mass is 32.1. The van der Waals surface area contributed by atoms with Gasteiger partial charge >= 0.3 is 6.18 Å². The van der Waals surface area contributed by atoms with Gasteiger partial charge in [-0.15, -0.1) is 0 Å². The molecule has 2 saturated heterocycles. The van der Waals surface area contributed by atoms with Crippen molar-refractivity contribution in [2.45, 2.75) is 19.0 Å². The summed E-state index contributed by atoms with van der Waals surface area (Å²) in [6, 6.07) is 0. The largest absolute Gasteiger partial charge is 0.427 e. The van der Waals surface area contributed by atoms with Gasteiger partial charge in [0.15, 0.2) is 5.13 Å². The molecule has 1 aromatic heterocycles. The number of hydrogen-bond donors (Lipinski definition) is 0. The summed E-state index contributed by atoms with van der Waals surface area (Å²) in [5, 5.41) is 0.484. The second-order valence-corrected chi connectivity index (χ2v) is 6.86. The molecule has 3 rings (SSSR count). The van der Waals surface area contributed by atoms with Gasteiger partial charge in [-0.2, -0.15) is 13.2 Å². The minimum Gasteiger partial charge on any atom is -0.381 e. The van der Waals surface area contributed by atoms with Gasteiger partial charge in [0.2, 0.25) is 0 Å². The molecule has 124 valence electrons. The molecule has 0 spiro atoms. The Kier molecular flexibility index (Phi) is 4.89. The molecule has 0 saturated carbocycles. The van der Waals surface area contributed by atoms with Gasteiger partial charge in [-0.05, 0) is 18.8 Å². The van der Waals surface area contributed by atoms with Crippen LogP contribution in [0, 0.1) is 5.92 Å². The SMILES string of the molecule is FC(F)(F)c1cnc(N2CCN(CC3CCOCC3)CC2)s1. The van der Waals surface area contributed by atoms with Crippen LogP contribution in [-0.2, 0) is 10.9 Å². The van der Waals surface area contributed by atoms with E-state index in [1.807, 2.05) is 4.90 Å². The van der Waals surface area contributed by atoms with E-state index in [4.69, 9.17) is 4.74 Å². The van der Waals surface area contributed by atoms with Crippen LogP contribution in [0.5, 0.6) is 0 Å². The molecule has 3 heterocycles. The predicted molar refractivity (Wildman–Crippen MR) is 79.3 cm³/mol. The molecule has 2 fully saturated rings. The molecular weight excluding hydrogens is 315 g/mol. The molecule has 2 aliphatic rings. The maximum absolute atomic E-state index is 12.6. The van der Waals surface area contributed by atoms with E-state index in [-0.39, 0.29) is 0 Å². The van der Waals surface area contributed by atoms with Crippen LogP contribution >= 0.6 is 11.3 Å². The molecule has 0 radical (unpaired) electrons. The van der Waals surface area contributed by atoms with E-state index in [9.17, 15) is 13.2 Å². The van der Waals surface area contributed by atoms with Crippen LogP contribution in [0.2, 0.25) is 0 Å². The Morgan fingerprint density at radius 3 is 2.45 bits per heavy atom. The van der Waals surface area contributed by atoms with Crippen LogP contribution in [0.4, 0.5) is 18.3 Å². The van der Waals surface area contributed by atoms with Crippen LogP contribution in [0.25, 0.3) is 0 Å². The van der Waals surface area contributed by atoms with Crippen LogP contribution in [0.3, 0.4) is 0 Å². The number of halogens is 3. The van der Waals surface area contributed by atoms with Gasteiger partial charge in [0.1, 0.15) is 4.88 Å². The lowest BCUT2D eigenvalue weighted by molar-refractivity contribution is -0.134.